The third-order valence-corrected chi connectivity index (χ3v) is 2.30. The summed E-state index contributed by atoms with van der Waals surface area (Å²) in [6.45, 7) is 7.56. The van der Waals surface area contributed by atoms with E-state index in [9.17, 15) is 0 Å². The van der Waals surface area contributed by atoms with Gasteiger partial charge in [-0.25, -0.2) is 0 Å². The SMILES string of the molecule is CCC(C)(C)NCc1ccc[nH]1. The number of rotatable bonds is 4. The Bertz CT molecular complexity index is 212. The van der Waals surface area contributed by atoms with E-state index in [1.54, 1.807) is 0 Å². The molecule has 1 rings (SSSR count). The molecule has 0 radical (unpaired) electrons. The number of hydrogen-bond acceptors (Lipinski definition) is 1. The minimum atomic E-state index is 0.241. The fourth-order valence-electron chi connectivity index (χ4n) is 0.937. The first-order valence-corrected chi connectivity index (χ1v) is 4.51. The van der Waals surface area contributed by atoms with Crippen LogP contribution >= 0.6 is 0 Å². The quantitative estimate of drug-likeness (QED) is 0.705. The van der Waals surface area contributed by atoms with E-state index >= 15 is 0 Å². The lowest BCUT2D eigenvalue weighted by atomic mass is 10.0. The van der Waals surface area contributed by atoms with Crippen molar-refractivity contribution in [1.82, 2.24) is 10.3 Å². The monoisotopic (exact) mass is 166 g/mol. The van der Waals surface area contributed by atoms with E-state index in [0.29, 0.717) is 0 Å². The minimum Gasteiger partial charge on any atom is -0.364 e. The Morgan fingerprint density at radius 1 is 1.50 bits per heavy atom. The lowest BCUT2D eigenvalue weighted by molar-refractivity contribution is 0.372. The molecule has 0 fully saturated rings. The average molecular weight is 166 g/mol. The van der Waals surface area contributed by atoms with Crippen molar-refractivity contribution in [3.8, 4) is 0 Å². The molecular weight excluding hydrogens is 148 g/mol. The maximum absolute atomic E-state index is 3.48. The van der Waals surface area contributed by atoms with Gasteiger partial charge in [-0.2, -0.15) is 0 Å². The van der Waals surface area contributed by atoms with Gasteiger partial charge in [0.1, 0.15) is 0 Å². The summed E-state index contributed by atoms with van der Waals surface area (Å²) in [6, 6.07) is 4.12. The molecule has 0 saturated heterocycles. The van der Waals surface area contributed by atoms with Crippen molar-refractivity contribution in [3.05, 3.63) is 24.0 Å². The van der Waals surface area contributed by atoms with Gasteiger partial charge in [0.15, 0.2) is 0 Å². The van der Waals surface area contributed by atoms with Crippen molar-refractivity contribution in [1.29, 1.82) is 0 Å². The van der Waals surface area contributed by atoms with Crippen molar-refractivity contribution < 1.29 is 0 Å². The highest BCUT2D eigenvalue weighted by molar-refractivity contribution is 5.03. The lowest BCUT2D eigenvalue weighted by Gasteiger charge is -2.24. The molecule has 1 aromatic heterocycles. The normalized spacial score (nSPS) is 11.9. The molecule has 2 N–H and O–H groups in total. The number of aromatic nitrogens is 1. The minimum absolute atomic E-state index is 0.241. The molecule has 0 aromatic carbocycles. The van der Waals surface area contributed by atoms with Gasteiger partial charge in [0.25, 0.3) is 0 Å². The van der Waals surface area contributed by atoms with E-state index in [1.807, 2.05) is 12.3 Å². The molecule has 0 aliphatic carbocycles. The second-order valence-corrected chi connectivity index (χ2v) is 3.79. The number of aromatic amines is 1. The van der Waals surface area contributed by atoms with E-state index in [1.165, 1.54) is 5.69 Å². The van der Waals surface area contributed by atoms with Crippen molar-refractivity contribution >= 4 is 0 Å². The molecule has 68 valence electrons. The molecule has 0 unspecified atom stereocenters. The van der Waals surface area contributed by atoms with E-state index < -0.39 is 0 Å². The van der Waals surface area contributed by atoms with Gasteiger partial charge in [-0.05, 0) is 32.4 Å². The van der Waals surface area contributed by atoms with Crippen LogP contribution < -0.4 is 5.32 Å². The van der Waals surface area contributed by atoms with E-state index in [0.717, 1.165) is 13.0 Å². The van der Waals surface area contributed by atoms with Crippen LogP contribution in [0.15, 0.2) is 18.3 Å². The molecule has 0 spiro atoms. The van der Waals surface area contributed by atoms with Gasteiger partial charge in [0.05, 0.1) is 0 Å². The molecule has 12 heavy (non-hydrogen) atoms. The summed E-state index contributed by atoms with van der Waals surface area (Å²) in [7, 11) is 0. The van der Waals surface area contributed by atoms with Crippen LogP contribution in [0, 0.1) is 0 Å². The Kier molecular flexibility index (Phi) is 2.93. The van der Waals surface area contributed by atoms with E-state index in [-0.39, 0.29) is 5.54 Å². The zero-order chi connectivity index (χ0) is 9.03. The summed E-state index contributed by atoms with van der Waals surface area (Å²) in [5, 5.41) is 3.48. The zero-order valence-electron chi connectivity index (χ0n) is 8.15. The highest BCUT2D eigenvalue weighted by Gasteiger charge is 2.12. The number of nitrogens with one attached hydrogen (secondary N) is 2. The van der Waals surface area contributed by atoms with Crippen LogP contribution in [0.5, 0.6) is 0 Å². The second-order valence-electron chi connectivity index (χ2n) is 3.79. The van der Waals surface area contributed by atoms with Crippen molar-refractivity contribution in [2.75, 3.05) is 0 Å². The van der Waals surface area contributed by atoms with Crippen LogP contribution in [0.3, 0.4) is 0 Å². The smallest absolute Gasteiger partial charge is 0.0361 e. The summed E-state index contributed by atoms with van der Waals surface area (Å²) >= 11 is 0. The van der Waals surface area contributed by atoms with E-state index in [2.05, 4.69) is 37.1 Å². The van der Waals surface area contributed by atoms with Crippen LogP contribution in [-0.4, -0.2) is 10.5 Å². The molecule has 0 aliphatic heterocycles. The first-order chi connectivity index (χ1) is 5.64. The molecule has 0 amide bonds. The molecule has 1 heterocycles. The Balaban J connectivity index is 2.36. The predicted molar refractivity (Wildman–Crippen MR) is 52.0 cm³/mol. The molecule has 0 bridgehead atoms. The van der Waals surface area contributed by atoms with Crippen molar-refractivity contribution in [2.45, 2.75) is 39.3 Å². The van der Waals surface area contributed by atoms with Crippen molar-refractivity contribution in [2.24, 2.45) is 0 Å². The molecule has 0 saturated carbocycles. The molecule has 1 aromatic rings. The average Bonchev–Trinajstić information content (AvgIpc) is 2.53. The molecular formula is C10H18N2. The largest absolute Gasteiger partial charge is 0.364 e. The van der Waals surface area contributed by atoms with Gasteiger partial charge >= 0.3 is 0 Å². The first-order valence-electron chi connectivity index (χ1n) is 4.51. The van der Waals surface area contributed by atoms with Crippen LogP contribution in [-0.2, 0) is 6.54 Å². The fourth-order valence-corrected chi connectivity index (χ4v) is 0.937. The third-order valence-electron chi connectivity index (χ3n) is 2.30. The number of hydrogen-bond donors (Lipinski definition) is 2. The van der Waals surface area contributed by atoms with Crippen LogP contribution in [0.2, 0.25) is 0 Å². The van der Waals surface area contributed by atoms with Crippen LogP contribution in [0.4, 0.5) is 0 Å². The summed E-state index contributed by atoms with van der Waals surface area (Å²) in [5.41, 5.74) is 1.49. The maximum Gasteiger partial charge on any atom is 0.0361 e. The lowest BCUT2D eigenvalue weighted by Crippen LogP contribution is -2.37. The third kappa shape index (κ3) is 2.70. The van der Waals surface area contributed by atoms with Gasteiger partial charge in [0, 0.05) is 24.0 Å². The number of H-pyrrole nitrogens is 1. The highest BCUT2D eigenvalue weighted by atomic mass is 15.0. The molecule has 2 heteroatoms. The summed E-state index contributed by atoms with van der Waals surface area (Å²) in [5.74, 6) is 0. The molecule has 0 aliphatic rings. The predicted octanol–water partition coefficient (Wildman–Crippen LogP) is 2.29. The first kappa shape index (κ1) is 9.33. The standard InChI is InChI=1S/C10H18N2/c1-4-10(2,3)12-8-9-6-5-7-11-9/h5-7,11-12H,4,8H2,1-3H3. The molecule has 2 nitrogen and oxygen atoms in total. The molecule has 0 atom stereocenters. The second kappa shape index (κ2) is 3.76. The topological polar surface area (TPSA) is 27.8 Å². The Hall–Kier alpha value is -0.760. The Morgan fingerprint density at radius 3 is 2.75 bits per heavy atom. The fraction of sp³-hybridized carbons (Fsp3) is 0.600. The van der Waals surface area contributed by atoms with Crippen molar-refractivity contribution in [3.63, 3.8) is 0 Å². The summed E-state index contributed by atoms with van der Waals surface area (Å²) < 4.78 is 0. The van der Waals surface area contributed by atoms with Gasteiger partial charge in [-0.15, -0.1) is 0 Å². The van der Waals surface area contributed by atoms with Crippen LogP contribution in [0.1, 0.15) is 32.9 Å². The zero-order valence-corrected chi connectivity index (χ0v) is 8.15. The Morgan fingerprint density at radius 2 is 2.25 bits per heavy atom. The van der Waals surface area contributed by atoms with E-state index in [4.69, 9.17) is 0 Å². The Labute approximate surface area is 74.4 Å². The van der Waals surface area contributed by atoms with Gasteiger partial charge in [-0.3, -0.25) is 0 Å². The van der Waals surface area contributed by atoms with Crippen LogP contribution in [0.25, 0.3) is 0 Å². The van der Waals surface area contributed by atoms with Gasteiger partial charge < -0.3 is 10.3 Å². The van der Waals surface area contributed by atoms with Gasteiger partial charge in [-0.1, -0.05) is 6.92 Å². The maximum atomic E-state index is 3.48. The van der Waals surface area contributed by atoms with Gasteiger partial charge in [0.2, 0.25) is 0 Å². The highest BCUT2D eigenvalue weighted by Crippen LogP contribution is 2.07. The summed E-state index contributed by atoms with van der Waals surface area (Å²) in [4.78, 5) is 3.17. The summed E-state index contributed by atoms with van der Waals surface area (Å²) in [6.07, 6.45) is 3.10.